The number of phenolic OH excluding ortho intramolecular Hbond substituents is 1. The molecule has 7 N–H and O–H groups in total. The van der Waals surface area contributed by atoms with Crippen molar-refractivity contribution in [3.63, 3.8) is 0 Å². The van der Waals surface area contributed by atoms with Crippen molar-refractivity contribution in [2.45, 2.75) is 50.4 Å². The topological polar surface area (TPSA) is 194 Å². The maximum absolute atomic E-state index is 16.0. The molecule has 0 radical (unpaired) electrons. The fourth-order valence-electron chi connectivity index (χ4n) is 7.09. The summed E-state index contributed by atoms with van der Waals surface area (Å²) in [6, 6.07) is -0.0595. The summed E-state index contributed by atoms with van der Waals surface area (Å²) in [4.78, 5) is 53.8. The fourth-order valence-corrected chi connectivity index (χ4v) is 7.09. The molecule has 1 heterocycles. The van der Waals surface area contributed by atoms with E-state index in [1.54, 1.807) is 0 Å². The van der Waals surface area contributed by atoms with Gasteiger partial charge < -0.3 is 31.5 Å². The number of amides is 2. The Morgan fingerprint density at radius 3 is 2.54 bits per heavy atom. The molecule has 0 aromatic heterocycles. The Morgan fingerprint density at radius 2 is 1.93 bits per heavy atom. The fraction of sp³-hybridized carbons (Fsp3) is 0.500. The highest BCUT2D eigenvalue weighted by Gasteiger charge is 2.63. The molecular formula is C28H33FN4O8. The zero-order valence-electron chi connectivity index (χ0n) is 22.9. The molecule has 0 saturated carbocycles. The van der Waals surface area contributed by atoms with Crippen molar-refractivity contribution < 1.29 is 44.0 Å². The van der Waals surface area contributed by atoms with Gasteiger partial charge in [-0.15, -0.1) is 0 Å². The predicted octanol–water partition coefficient (Wildman–Crippen LogP) is -0.0299. The molecule has 5 atom stereocenters. The molecule has 1 aliphatic heterocycles. The van der Waals surface area contributed by atoms with E-state index < -0.39 is 69.6 Å². The van der Waals surface area contributed by atoms with Crippen LogP contribution in [0.1, 0.15) is 41.3 Å². The Kier molecular flexibility index (Phi) is 6.95. The highest BCUT2D eigenvalue weighted by atomic mass is 19.1. The van der Waals surface area contributed by atoms with Gasteiger partial charge in [0.05, 0.1) is 11.6 Å². The number of nitrogens with one attached hydrogen (secondary N) is 1. The maximum atomic E-state index is 16.0. The zero-order valence-corrected chi connectivity index (χ0v) is 22.9. The number of nitrogens with two attached hydrogens (primary N) is 1. The van der Waals surface area contributed by atoms with Crippen LogP contribution in [0.5, 0.6) is 5.75 Å². The maximum Gasteiger partial charge on any atom is 0.255 e. The first-order valence-electron chi connectivity index (χ1n) is 13.4. The molecule has 220 valence electrons. The van der Waals surface area contributed by atoms with Crippen LogP contribution < -0.4 is 11.1 Å². The van der Waals surface area contributed by atoms with Crippen LogP contribution in [0.15, 0.2) is 28.7 Å². The van der Waals surface area contributed by atoms with Crippen molar-refractivity contribution in [2.75, 3.05) is 27.2 Å². The average Bonchev–Trinajstić information content (AvgIpc) is 3.29. The van der Waals surface area contributed by atoms with Crippen molar-refractivity contribution in [1.29, 1.82) is 0 Å². The Bertz CT molecular complexity index is 1450. The lowest BCUT2D eigenvalue weighted by atomic mass is 9.58. The first-order valence-corrected chi connectivity index (χ1v) is 13.4. The number of nitrogens with zero attached hydrogens (tertiary/aromatic N) is 2. The van der Waals surface area contributed by atoms with Crippen LogP contribution in [-0.2, 0) is 27.3 Å². The van der Waals surface area contributed by atoms with Crippen LogP contribution in [0.2, 0.25) is 0 Å². The molecular weight excluding hydrogens is 539 g/mol. The van der Waals surface area contributed by atoms with Crippen LogP contribution in [0, 0.1) is 17.7 Å². The van der Waals surface area contributed by atoms with E-state index in [0.717, 1.165) is 6.07 Å². The number of halogens is 1. The van der Waals surface area contributed by atoms with Gasteiger partial charge >= 0.3 is 0 Å². The first-order chi connectivity index (χ1) is 19.2. The Balaban J connectivity index is 1.55. The van der Waals surface area contributed by atoms with E-state index in [-0.39, 0.29) is 53.6 Å². The van der Waals surface area contributed by atoms with Gasteiger partial charge in [0.2, 0.25) is 11.7 Å². The number of phenols is 1. The molecule has 41 heavy (non-hydrogen) atoms. The molecule has 0 bridgehead atoms. The van der Waals surface area contributed by atoms with E-state index >= 15 is 4.39 Å². The minimum Gasteiger partial charge on any atom is -0.510 e. The monoisotopic (exact) mass is 572 g/mol. The second kappa shape index (κ2) is 9.93. The number of aliphatic hydroxyl groups excluding tert-OH is 2. The predicted molar refractivity (Wildman–Crippen MR) is 141 cm³/mol. The number of ketones is 2. The average molecular weight is 573 g/mol. The summed E-state index contributed by atoms with van der Waals surface area (Å²) in [5.74, 6) is -8.65. The number of allylic oxidation sites excluding steroid dienone is 1. The minimum absolute atomic E-state index is 0.0456. The summed E-state index contributed by atoms with van der Waals surface area (Å²) in [7, 11) is 3.07. The molecule has 2 amide bonds. The molecule has 12 nitrogen and oxygen atoms in total. The smallest absolute Gasteiger partial charge is 0.255 e. The number of Topliss-reactive ketones (excluding diaryl/α,β-unsaturated/α-hetero) is 2. The van der Waals surface area contributed by atoms with Gasteiger partial charge in [0.15, 0.2) is 11.4 Å². The Labute approximate surface area is 234 Å². The van der Waals surface area contributed by atoms with Gasteiger partial charge in [-0.25, -0.2) is 4.39 Å². The van der Waals surface area contributed by atoms with Gasteiger partial charge in [0.25, 0.3) is 5.91 Å². The number of primary amides is 1. The quantitative estimate of drug-likeness (QED) is 0.261. The van der Waals surface area contributed by atoms with Crippen molar-refractivity contribution in [1.82, 2.24) is 15.1 Å². The molecule has 1 fully saturated rings. The number of carbonyl (C=O) groups is 4. The summed E-state index contributed by atoms with van der Waals surface area (Å²) >= 11 is 0. The van der Waals surface area contributed by atoms with E-state index in [4.69, 9.17) is 5.73 Å². The molecule has 13 heteroatoms. The second-order valence-corrected chi connectivity index (χ2v) is 11.6. The summed E-state index contributed by atoms with van der Waals surface area (Å²) < 4.78 is 16.0. The van der Waals surface area contributed by atoms with E-state index in [0.29, 0.717) is 19.5 Å². The summed E-state index contributed by atoms with van der Waals surface area (Å²) in [6.07, 6.45) is 0.429. The molecule has 3 aliphatic carbocycles. The highest BCUT2D eigenvalue weighted by molar-refractivity contribution is 6.24. The number of fused-ring (bicyclic) bond motifs is 3. The van der Waals surface area contributed by atoms with Crippen LogP contribution in [-0.4, -0.2) is 98.5 Å². The summed E-state index contributed by atoms with van der Waals surface area (Å²) in [5, 5.41) is 47.5. The van der Waals surface area contributed by atoms with Crippen LogP contribution >= 0.6 is 0 Å². The van der Waals surface area contributed by atoms with Gasteiger partial charge in [-0.3, -0.25) is 29.0 Å². The van der Waals surface area contributed by atoms with Gasteiger partial charge in [-0.1, -0.05) is 0 Å². The lowest BCUT2D eigenvalue weighted by Crippen LogP contribution is -2.63. The third-order valence-corrected chi connectivity index (χ3v) is 8.80. The van der Waals surface area contributed by atoms with Gasteiger partial charge in [0, 0.05) is 55.2 Å². The van der Waals surface area contributed by atoms with Crippen LogP contribution in [0.4, 0.5) is 4.39 Å². The van der Waals surface area contributed by atoms with Crippen molar-refractivity contribution >= 4 is 23.4 Å². The van der Waals surface area contributed by atoms with Crippen molar-refractivity contribution in [3.05, 3.63) is 51.2 Å². The van der Waals surface area contributed by atoms with E-state index in [2.05, 4.69) is 5.32 Å². The normalized spacial score (nSPS) is 29.9. The SMILES string of the molecule is CC(=O)N[C@@H]1CCN(Cc2cc(O)c3c(c2F)C[C@H]2C[C@H]4[C@H](N(C)C)C(O)=C(C(N)=O)C(=O)[C@@]4(O)C(O)=C2C3=O)C1. The zero-order chi connectivity index (χ0) is 30.1. The highest BCUT2D eigenvalue weighted by Crippen LogP contribution is 2.52. The Hall–Kier alpha value is -3.81. The number of likely N-dealkylation sites (tertiary alicyclic amines) is 1. The number of hydrogen-bond acceptors (Lipinski definition) is 10. The number of hydrogen-bond donors (Lipinski definition) is 6. The Morgan fingerprint density at radius 1 is 1.24 bits per heavy atom. The molecule has 1 aromatic rings. The lowest BCUT2D eigenvalue weighted by Gasteiger charge is -2.50. The lowest BCUT2D eigenvalue weighted by molar-refractivity contribution is -0.148. The minimum atomic E-state index is -2.75. The van der Waals surface area contributed by atoms with Crippen molar-refractivity contribution in [2.24, 2.45) is 17.6 Å². The molecule has 5 rings (SSSR count). The molecule has 1 aromatic carbocycles. The number of benzene rings is 1. The summed E-state index contributed by atoms with van der Waals surface area (Å²) in [5.41, 5.74) is 1.09. The summed E-state index contributed by atoms with van der Waals surface area (Å²) in [6.45, 7) is 2.63. The first kappa shape index (κ1) is 28.7. The van der Waals surface area contributed by atoms with E-state index in [1.165, 1.54) is 25.9 Å². The van der Waals surface area contributed by atoms with E-state index in [9.17, 15) is 39.6 Å². The number of carbonyl (C=O) groups excluding carboxylic acids is 4. The molecule has 1 saturated heterocycles. The largest absolute Gasteiger partial charge is 0.510 e. The number of aromatic hydroxyl groups is 1. The van der Waals surface area contributed by atoms with Gasteiger partial charge in [-0.05, 0) is 45.3 Å². The standard InChI is InChI=1S/C28H33FN4O8/c1-11(34)31-14-4-5-33(10-14)9-13-8-17(35)19-15(21(13)29)6-12-7-16-22(32(2)3)24(37)20(27(30)40)26(39)28(16,41)25(38)18(12)23(19)36/h8,12,14,16,22,35,37-38,41H,4-7,9-10H2,1-3H3,(H2,30,40)(H,31,34)/t12-,14+,16-,22-,28-/m0/s1. The van der Waals surface area contributed by atoms with E-state index in [1.807, 2.05) is 4.90 Å². The number of likely N-dealkylation sites (N-methyl/N-ethyl adjacent to an activating group) is 1. The third-order valence-electron chi connectivity index (χ3n) is 8.80. The molecule has 0 unspecified atom stereocenters. The van der Waals surface area contributed by atoms with Crippen LogP contribution in [0.25, 0.3) is 0 Å². The third kappa shape index (κ3) is 4.30. The molecule has 0 spiro atoms. The number of aliphatic hydroxyl groups is 3. The second-order valence-electron chi connectivity index (χ2n) is 11.6. The molecule has 4 aliphatic rings. The number of rotatable bonds is 5. The van der Waals surface area contributed by atoms with Gasteiger partial charge in [0.1, 0.15) is 28.7 Å². The van der Waals surface area contributed by atoms with Crippen molar-refractivity contribution in [3.8, 4) is 5.75 Å². The van der Waals surface area contributed by atoms with Crippen LogP contribution in [0.3, 0.4) is 0 Å². The van der Waals surface area contributed by atoms with Gasteiger partial charge in [-0.2, -0.15) is 0 Å².